The van der Waals surface area contributed by atoms with Gasteiger partial charge < -0.3 is 15.5 Å². The van der Waals surface area contributed by atoms with Gasteiger partial charge in [-0.1, -0.05) is 25.1 Å². The summed E-state index contributed by atoms with van der Waals surface area (Å²) in [5, 5.41) is 6.31. The van der Waals surface area contributed by atoms with E-state index in [1.54, 1.807) is 6.92 Å². The van der Waals surface area contributed by atoms with Gasteiger partial charge in [0.2, 0.25) is 5.91 Å². The highest BCUT2D eigenvalue weighted by molar-refractivity contribution is 6.18. The zero-order chi connectivity index (χ0) is 17.8. The second-order valence-corrected chi connectivity index (χ2v) is 6.43. The highest BCUT2D eigenvalue weighted by Gasteiger charge is 2.01. The molecular formula is C19H30ClN3O. The summed E-state index contributed by atoms with van der Waals surface area (Å²) in [6.45, 7) is 8.79. The number of amides is 1. The first kappa shape index (κ1) is 20.5. The molecule has 0 saturated carbocycles. The van der Waals surface area contributed by atoms with E-state index in [1.807, 2.05) is 0 Å². The number of hydrogen-bond donors (Lipinski definition) is 2. The van der Waals surface area contributed by atoms with E-state index in [2.05, 4.69) is 53.4 Å². The molecule has 1 aromatic carbocycles. The summed E-state index contributed by atoms with van der Waals surface area (Å²) in [4.78, 5) is 13.5. The van der Waals surface area contributed by atoms with Crippen molar-refractivity contribution >= 4 is 23.2 Å². The van der Waals surface area contributed by atoms with E-state index in [0.29, 0.717) is 11.5 Å². The molecule has 1 amide bonds. The molecule has 0 heterocycles. The average Bonchev–Trinajstić information content (AvgIpc) is 2.57. The van der Waals surface area contributed by atoms with Crippen molar-refractivity contribution in [2.45, 2.75) is 32.7 Å². The van der Waals surface area contributed by atoms with E-state index in [4.69, 9.17) is 11.6 Å². The quantitative estimate of drug-likeness (QED) is 0.345. The van der Waals surface area contributed by atoms with Gasteiger partial charge in [0.15, 0.2) is 0 Å². The van der Waals surface area contributed by atoms with Crippen molar-refractivity contribution in [1.29, 1.82) is 0 Å². The molecular weight excluding hydrogens is 322 g/mol. The van der Waals surface area contributed by atoms with Crippen LogP contribution in [0.15, 0.2) is 36.4 Å². The Morgan fingerprint density at radius 3 is 2.46 bits per heavy atom. The van der Waals surface area contributed by atoms with Crippen LogP contribution in [0.3, 0.4) is 0 Å². The lowest BCUT2D eigenvalue weighted by atomic mass is 10.2. The van der Waals surface area contributed by atoms with Crippen LogP contribution in [0, 0.1) is 0 Å². The molecule has 0 spiro atoms. The number of carbonyl (C=O) groups excluding carboxylic acids is 1. The highest BCUT2D eigenvalue weighted by Crippen LogP contribution is 2.13. The number of nitrogens with zero attached hydrogens (tertiary/aromatic N) is 1. The summed E-state index contributed by atoms with van der Waals surface area (Å²) in [6.07, 6.45) is 3.22. The molecule has 0 unspecified atom stereocenters. The fourth-order valence-electron chi connectivity index (χ4n) is 2.26. The Hall–Kier alpha value is -1.52. The smallest absolute Gasteiger partial charge is 0.246 e. The Kier molecular flexibility index (Phi) is 10.2. The molecule has 0 aliphatic heterocycles. The van der Waals surface area contributed by atoms with Crippen LogP contribution in [-0.2, 0) is 11.3 Å². The molecule has 1 aromatic rings. The number of unbranched alkanes of at least 4 members (excludes halogenated alkanes) is 2. The van der Waals surface area contributed by atoms with Crippen molar-refractivity contribution < 1.29 is 4.79 Å². The van der Waals surface area contributed by atoms with Crippen LogP contribution in [0.25, 0.3) is 0 Å². The van der Waals surface area contributed by atoms with Gasteiger partial charge in [0.1, 0.15) is 0 Å². The molecule has 0 fully saturated rings. The number of benzene rings is 1. The second-order valence-electron chi connectivity index (χ2n) is 6.05. The van der Waals surface area contributed by atoms with Crippen LogP contribution in [0.5, 0.6) is 0 Å². The fourth-order valence-corrected chi connectivity index (χ4v) is 2.52. The predicted octanol–water partition coefficient (Wildman–Crippen LogP) is 3.31. The minimum atomic E-state index is -0.0479. The van der Waals surface area contributed by atoms with Gasteiger partial charge in [-0.3, -0.25) is 4.79 Å². The van der Waals surface area contributed by atoms with Gasteiger partial charge in [-0.25, -0.2) is 0 Å². The number of anilines is 1. The normalized spacial score (nSPS) is 10.5. The van der Waals surface area contributed by atoms with Gasteiger partial charge in [-0.2, -0.15) is 0 Å². The second kappa shape index (κ2) is 11.9. The zero-order valence-corrected chi connectivity index (χ0v) is 15.7. The van der Waals surface area contributed by atoms with Gasteiger partial charge in [0.05, 0.1) is 0 Å². The molecule has 4 nitrogen and oxygen atoms in total. The minimum Gasteiger partial charge on any atom is -0.373 e. The maximum absolute atomic E-state index is 11.3. The Balaban J connectivity index is 2.09. The number of halogens is 1. The van der Waals surface area contributed by atoms with E-state index in [1.165, 1.54) is 11.3 Å². The molecule has 1 rings (SSSR count). The van der Waals surface area contributed by atoms with Crippen molar-refractivity contribution in [3.63, 3.8) is 0 Å². The van der Waals surface area contributed by atoms with Gasteiger partial charge in [-0.05, 0) is 44.0 Å². The Morgan fingerprint density at radius 1 is 1.17 bits per heavy atom. The summed E-state index contributed by atoms with van der Waals surface area (Å²) < 4.78 is 0. The first-order chi connectivity index (χ1) is 11.5. The van der Waals surface area contributed by atoms with Crippen LogP contribution >= 0.6 is 11.6 Å². The molecule has 2 N–H and O–H groups in total. The van der Waals surface area contributed by atoms with Gasteiger partial charge in [-0.15, -0.1) is 11.6 Å². The number of alkyl halides is 1. The first-order valence-electron chi connectivity index (χ1n) is 8.55. The summed E-state index contributed by atoms with van der Waals surface area (Å²) in [5.74, 6) is 0.588. The maximum Gasteiger partial charge on any atom is 0.246 e. The Morgan fingerprint density at radius 2 is 1.83 bits per heavy atom. The lowest BCUT2D eigenvalue weighted by Gasteiger charge is -2.18. The van der Waals surface area contributed by atoms with Crippen molar-refractivity contribution in [2.75, 3.05) is 37.5 Å². The van der Waals surface area contributed by atoms with Gasteiger partial charge >= 0.3 is 0 Å². The van der Waals surface area contributed by atoms with Crippen LogP contribution in [0.2, 0.25) is 0 Å². The first-order valence-corrected chi connectivity index (χ1v) is 9.08. The van der Waals surface area contributed by atoms with E-state index in [9.17, 15) is 4.79 Å². The van der Waals surface area contributed by atoms with Gasteiger partial charge in [0, 0.05) is 43.8 Å². The van der Waals surface area contributed by atoms with Gasteiger partial charge in [0.25, 0.3) is 0 Å². The Bertz CT molecular complexity index is 502. The largest absolute Gasteiger partial charge is 0.373 e. The maximum atomic E-state index is 11.3. The van der Waals surface area contributed by atoms with Crippen molar-refractivity contribution in [3.05, 3.63) is 42.0 Å². The van der Waals surface area contributed by atoms with E-state index in [-0.39, 0.29) is 5.91 Å². The molecule has 0 aliphatic rings. The lowest BCUT2D eigenvalue weighted by Crippen LogP contribution is -2.24. The Labute approximate surface area is 151 Å². The number of hydrogen-bond acceptors (Lipinski definition) is 3. The van der Waals surface area contributed by atoms with E-state index in [0.717, 1.165) is 45.4 Å². The molecule has 5 heteroatoms. The van der Waals surface area contributed by atoms with Crippen LogP contribution in [0.1, 0.15) is 31.7 Å². The van der Waals surface area contributed by atoms with Crippen molar-refractivity contribution in [3.8, 4) is 0 Å². The van der Waals surface area contributed by atoms with E-state index >= 15 is 0 Å². The third kappa shape index (κ3) is 8.37. The van der Waals surface area contributed by atoms with Crippen molar-refractivity contribution in [2.24, 2.45) is 0 Å². The molecule has 0 aromatic heterocycles. The standard InChI is InChI=1S/C19H30ClN3O/c1-16(2)19(24)22-13-6-4-5-12-21-15-17-7-9-18(10-8-17)23(3)14-11-20/h7-10,21H,1,4-6,11-15H2,2-3H3,(H,22,24). The molecule has 0 aliphatic carbocycles. The molecule has 0 saturated heterocycles. The number of rotatable bonds is 12. The van der Waals surface area contributed by atoms with Crippen LogP contribution in [0.4, 0.5) is 5.69 Å². The summed E-state index contributed by atoms with van der Waals surface area (Å²) in [6, 6.07) is 8.57. The van der Waals surface area contributed by atoms with Crippen molar-refractivity contribution in [1.82, 2.24) is 10.6 Å². The summed E-state index contributed by atoms with van der Waals surface area (Å²) in [7, 11) is 2.05. The molecule has 0 radical (unpaired) electrons. The third-order valence-corrected chi connectivity index (χ3v) is 4.00. The summed E-state index contributed by atoms with van der Waals surface area (Å²) >= 11 is 5.76. The monoisotopic (exact) mass is 351 g/mol. The molecule has 0 atom stereocenters. The third-order valence-electron chi connectivity index (χ3n) is 3.83. The highest BCUT2D eigenvalue weighted by atomic mass is 35.5. The van der Waals surface area contributed by atoms with Crippen LogP contribution < -0.4 is 15.5 Å². The topological polar surface area (TPSA) is 44.4 Å². The lowest BCUT2D eigenvalue weighted by molar-refractivity contribution is -0.117. The molecule has 0 bridgehead atoms. The minimum absolute atomic E-state index is 0.0479. The summed E-state index contributed by atoms with van der Waals surface area (Å²) in [5.41, 5.74) is 3.04. The van der Waals surface area contributed by atoms with Crippen LogP contribution in [-0.4, -0.2) is 38.5 Å². The zero-order valence-electron chi connectivity index (χ0n) is 14.9. The SMILES string of the molecule is C=C(C)C(=O)NCCCCCNCc1ccc(N(C)CCCl)cc1. The average molecular weight is 352 g/mol. The predicted molar refractivity (Wildman–Crippen MR) is 104 cm³/mol. The number of nitrogens with one attached hydrogen (secondary N) is 2. The molecule has 134 valence electrons. The molecule has 24 heavy (non-hydrogen) atoms. The number of carbonyl (C=O) groups is 1. The van der Waals surface area contributed by atoms with E-state index < -0.39 is 0 Å². The fraction of sp³-hybridized carbons (Fsp3) is 0.526.